The highest BCUT2D eigenvalue weighted by molar-refractivity contribution is 7.90. The average Bonchev–Trinajstić information content (AvgIpc) is 2.36. The van der Waals surface area contributed by atoms with Crippen LogP contribution in [0, 0.1) is 0 Å². The first-order valence-electron chi connectivity index (χ1n) is 7.15. The van der Waals surface area contributed by atoms with Gasteiger partial charge in [-0.05, 0) is 45.3 Å². The lowest BCUT2D eigenvalue weighted by Crippen LogP contribution is -2.34. The molecule has 2 atom stereocenters. The zero-order chi connectivity index (χ0) is 17.3. The normalized spacial score (nSPS) is 20.2. The minimum atomic E-state index is -3.59. The summed E-state index contributed by atoms with van der Waals surface area (Å²) in [5.74, 6) is 0. The van der Waals surface area contributed by atoms with Gasteiger partial charge in [-0.2, -0.15) is 0 Å². The molecule has 0 saturated heterocycles. The van der Waals surface area contributed by atoms with E-state index in [0.717, 1.165) is 12.3 Å². The van der Waals surface area contributed by atoms with Crippen molar-refractivity contribution in [1.82, 2.24) is 9.71 Å². The molecule has 1 aromatic heterocycles. The smallest absolute Gasteiger partial charge is 0.192 e. The molecule has 0 fully saturated rings. The first kappa shape index (κ1) is 12.0. The number of pyridine rings is 1. The van der Waals surface area contributed by atoms with E-state index in [0.29, 0.717) is 0 Å². The van der Waals surface area contributed by atoms with Gasteiger partial charge >= 0.3 is 0 Å². The van der Waals surface area contributed by atoms with Crippen LogP contribution in [0.4, 0.5) is 0 Å². The molecule has 1 N–H and O–H groups in total. The van der Waals surface area contributed by atoms with Crippen LogP contribution in [-0.2, 0) is 20.8 Å². The molecule has 0 unspecified atom stereocenters. The average molecular weight is 307 g/mol. The van der Waals surface area contributed by atoms with E-state index in [4.69, 9.17) is 4.11 Å². The minimum absolute atomic E-state index is 0.0514. The van der Waals surface area contributed by atoms with Gasteiger partial charge in [-0.25, -0.2) is 22.3 Å². The molecule has 7 heteroatoms. The third kappa shape index (κ3) is 4.67. The highest BCUT2D eigenvalue weighted by Gasteiger charge is 2.22. The Kier molecular flexibility index (Phi) is 3.59. The SMILES string of the molecule is [2H]C([2H])[C@@]([2H])(N[S@](=O)C(C)(C)C)c1ccnc(S(C)(=O)=O)c1. The number of sulfone groups is 1. The minimum Gasteiger partial charge on any atom is -0.245 e. The van der Waals surface area contributed by atoms with Gasteiger partial charge in [0, 0.05) is 21.2 Å². The first-order chi connectivity index (χ1) is 9.78. The van der Waals surface area contributed by atoms with Crippen LogP contribution >= 0.6 is 0 Å². The molecule has 0 saturated carbocycles. The van der Waals surface area contributed by atoms with Crippen LogP contribution in [0.5, 0.6) is 0 Å². The predicted octanol–water partition coefficient (Wildman–Crippen LogP) is 1.60. The fraction of sp³-hybridized carbons (Fsp3) is 0.583. The second-order valence-corrected chi connectivity index (χ2v) is 8.98. The maximum Gasteiger partial charge on any atom is 0.192 e. The predicted molar refractivity (Wildman–Crippen MR) is 76.8 cm³/mol. The summed E-state index contributed by atoms with van der Waals surface area (Å²) in [5, 5.41) is -0.259. The summed E-state index contributed by atoms with van der Waals surface area (Å²) >= 11 is 0. The summed E-state index contributed by atoms with van der Waals surface area (Å²) in [6.07, 6.45) is 2.17. The summed E-state index contributed by atoms with van der Waals surface area (Å²) in [7, 11) is -5.29. The Morgan fingerprint density at radius 2 is 2.16 bits per heavy atom. The van der Waals surface area contributed by atoms with Crippen molar-refractivity contribution in [2.75, 3.05) is 6.26 Å². The molecule has 0 aliphatic rings. The zero-order valence-electron chi connectivity index (χ0n) is 14.3. The van der Waals surface area contributed by atoms with Crippen molar-refractivity contribution in [3.05, 3.63) is 23.9 Å². The van der Waals surface area contributed by atoms with Crippen LogP contribution in [0.3, 0.4) is 0 Å². The van der Waals surface area contributed by atoms with Crippen molar-refractivity contribution in [1.29, 1.82) is 0 Å². The Morgan fingerprint density at radius 1 is 1.53 bits per heavy atom. The molecule has 1 rings (SSSR count). The van der Waals surface area contributed by atoms with E-state index >= 15 is 0 Å². The molecule has 1 aromatic rings. The number of hydrogen-bond donors (Lipinski definition) is 1. The molecule has 0 radical (unpaired) electrons. The van der Waals surface area contributed by atoms with Crippen LogP contribution in [0.25, 0.3) is 0 Å². The van der Waals surface area contributed by atoms with Crippen molar-refractivity contribution in [2.24, 2.45) is 0 Å². The summed E-state index contributed by atoms with van der Waals surface area (Å²) in [4.78, 5) is 3.71. The number of hydrogen-bond acceptors (Lipinski definition) is 4. The van der Waals surface area contributed by atoms with Crippen LogP contribution in [0.1, 0.15) is 43.3 Å². The number of rotatable bonds is 4. The van der Waals surface area contributed by atoms with Crippen molar-refractivity contribution < 1.29 is 16.7 Å². The molecule has 19 heavy (non-hydrogen) atoms. The summed E-state index contributed by atoms with van der Waals surface area (Å²) in [6, 6.07) is 0.427. The van der Waals surface area contributed by atoms with Crippen LogP contribution in [0.15, 0.2) is 23.4 Å². The quantitative estimate of drug-likeness (QED) is 0.916. The lowest BCUT2D eigenvalue weighted by Gasteiger charge is -2.22. The van der Waals surface area contributed by atoms with Gasteiger partial charge in [0.15, 0.2) is 14.9 Å². The summed E-state index contributed by atoms with van der Waals surface area (Å²) < 4.78 is 60.7. The molecule has 0 bridgehead atoms. The molecule has 1 heterocycles. The van der Waals surface area contributed by atoms with Gasteiger partial charge in [-0.1, -0.05) is 0 Å². The van der Waals surface area contributed by atoms with Gasteiger partial charge in [-0.15, -0.1) is 0 Å². The van der Waals surface area contributed by atoms with Crippen molar-refractivity contribution in [2.45, 2.75) is 43.4 Å². The van der Waals surface area contributed by atoms with Crippen molar-refractivity contribution >= 4 is 20.8 Å². The van der Waals surface area contributed by atoms with E-state index in [-0.39, 0.29) is 10.6 Å². The van der Waals surface area contributed by atoms with Gasteiger partial charge in [0.05, 0.1) is 17.1 Å². The fourth-order valence-electron chi connectivity index (χ4n) is 1.09. The third-order valence-electron chi connectivity index (χ3n) is 2.18. The number of nitrogens with one attached hydrogen (secondary N) is 1. The standard InChI is InChI=1S/C12H20N2O3S2/c1-9(14-18(15)12(2,3)4)10-6-7-13-11(8-10)19(5,16)17/h6-9,14H,1-5H3/t9-,18-/m1/s1/i1D2,9D. The van der Waals surface area contributed by atoms with Crippen LogP contribution in [-0.4, -0.2) is 28.6 Å². The van der Waals surface area contributed by atoms with Gasteiger partial charge in [0.25, 0.3) is 0 Å². The number of nitrogens with zero attached hydrogens (tertiary/aromatic N) is 1. The van der Waals surface area contributed by atoms with Gasteiger partial charge in [-0.3, -0.25) is 0 Å². The third-order valence-corrected chi connectivity index (χ3v) is 4.69. The molecule has 5 nitrogen and oxygen atoms in total. The second-order valence-electron chi connectivity index (χ2n) is 5.05. The topological polar surface area (TPSA) is 76.1 Å². The zero-order valence-corrected chi connectivity index (χ0v) is 12.9. The van der Waals surface area contributed by atoms with Crippen LogP contribution in [0.2, 0.25) is 0 Å². The maximum atomic E-state index is 12.2. The Hall–Kier alpha value is -0.790. The molecule has 0 amide bonds. The Morgan fingerprint density at radius 3 is 2.63 bits per heavy atom. The van der Waals surface area contributed by atoms with E-state index in [2.05, 4.69) is 9.71 Å². The monoisotopic (exact) mass is 307 g/mol. The molecular weight excluding hydrogens is 284 g/mol. The molecular formula is C12H20N2O3S2. The maximum absolute atomic E-state index is 12.2. The largest absolute Gasteiger partial charge is 0.245 e. The lowest BCUT2D eigenvalue weighted by atomic mass is 10.1. The summed E-state index contributed by atoms with van der Waals surface area (Å²) in [5.41, 5.74) is 0.0514. The van der Waals surface area contributed by atoms with E-state index in [1.807, 2.05) is 0 Å². The molecule has 0 aromatic carbocycles. The molecule has 0 aliphatic heterocycles. The molecule has 0 aliphatic carbocycles. The van der Waals surface area contributed by atoms with E-state index < -0.39 is 38.5 Å². The summed E-state index contributed by atoms with van der Waals surface area (Å²) in [6.45, 7) is 3.34. The highest BCUT2D eigenvalue weighted by atomic mass is 32.2. The van der Waals surface area contributed by atoms with E-state index in [1.165, 1.54) is 12.3 Å². The number of aromatic nitrogens is 1. The van der Waals surface area contributed by atoms with E-state index in [9.17, 15) is 12.6 Å². The van der Waals surface area contributed by atoms with Crippen molar-refractivity contribution in [3.63, 3.8) is 0 Å². The molecule has 108 valence electrons. The Bertz CT molecular complexity index is 674. The highest BCUT2D eigenvalue weighted by Crippen LogP contribution is 2.18. The lowest BCUT2D eigenvalue weighted by molar-refractivity contribution is 0.597. The fourth-order valence-corrected chi connectivity index (χ4v) is 2.31. The second kappa shape index (κ2) is 5.68. The Balaban J connectivity index is 3.35. The van der Waals surface area contributed by atoms with Crippen molar-refractivity contribution in [3.8, 4) is 0 Å². The first-order valence-corrected chi connectivity index (χ1v) is 8.53. The van der Waals surface area contributed by atoms with Crippen LogP contribution < -0.4 is 4.72 Å². The molecule has 0 spiro atoms. The van der Waals surface area contributed by atoms with Gasteiger partial charge in [0.1, 0.15) is 0 Å². The Labute approximate surface area is 121 Å². The van der Waals surface area contributed by atoms with Gasteiger partial charge in [0.2, 0.25) is 0 Å². The van der Waals surface area contributed by atoms with E-state index in [1.54, 1.807) is 20.8 Å². The van der Waals surface area contributed by atoms with Gasteiger partial charge < -0.3 is 0 Å².